The van der Waals surface area contributed by atoms with Crippen LogP contribution in [-0.4, -0.2) is 96.7 Å². The first-order chi connectivity index (χ1) is 45.4. The van der Waals surface area contributed by atoms with Crippen molar-refractivity contribution in [3.63, 3.8) is 0 Å². The maximum atomic E-state index is 13.1. The molecule has 2 unspecified atom stereocenters. The van der Waals surface area contributed by atoms with Gasteiger partial charge in [-0.05, 0) is 37.5 Å². The van der Waals surface area contributed by atoms with Crippen LogP contribution in [0.1, 0.15) is 388 Å². The summed E-state index contributed by atoms with van der Waals surface area (Å²) in [6.07, 6.45) is 53.9. The van der Waals surface area contributed by atoms with Gasteiger partial charge in [-0.1, -0.05) is 337 Å². The number of hydrogen-bond acceptors (Lipinski definition) is 15. The van der Waals surface area contributed by atoms with Gasteiger partial charge in [0.1, 0.15) is 19.3 Å². The van der Waals surface area contributed by atoms with Crippen LogP contribution in [0.5, 0.6) is 0 Å². The van der Waals surface area contributed by atoms with Crippen LogP contribution in [0.4, 0.5) is 0 Å². The minimum absolute atomic E-state index is 0.106. The van der Waals surface area contributed by atoms with E-state index in [4.69, 9.17) is 37.0 Å². The van der Waals surface area contributed by atoms with Crippen LogP contribution in [0, 0.1) is 11.8 Å². The molecule has 0 aliphatic carbocycles. The summed E-state index contributed by atoms with van der Waals surface area (Å²) in [6, 6.07) is 0. The SMILES string of the molecule is CCCCCCCCCCCCCCCCC(=O)OC[C@H](COP(=O)(O)OC[C@@H](O)COP(=O)(O)OC[C@@H](COC(=O)CCCCCCCCCCCCCCC)OC(=O)CCCCCCCCCCCCC(C)C)OC(=O)CCCCCCCCCCCCCC(C)C. The van der Waals surface area contributed by atoms with Gasteiger partial charge in [-0.2, -0.15) is 0 Å². The molecular weight excluding hydrogens is 1230 g/mol. The van der Waals surface area contributed by atoms with Crippen LogP contribution in [0.2, 0.25) is 0 Å². The molecule has 0 aliphatic rings. The highest BCUT2D eigenvalue weighted by molar-refractivity contribution is 7.47. The summed E-state index contributed by atoms with van der Waals surface area (Å²) in [5.41, 5.74) is 0. The van der Waals surface area contributed by atoms with Crippen LogP contribution in [-0.2, 0) is 65.4 Å². The number of esters is 4. The summed E-state index contributed by atoms with van der Waals surface area (Å²) in [5.74, 6) is -0.597. The molecule has 0 amide bonds. The number of aliphatic hydroxyl groups excluding tert-OH is 1. The normalized spacial score (nSPS) is 14.0. The molecule has 0 aromatic rings. The summed E-state index contributed by atoms with van der Waals surface area (Å²) >= 11 is 0. The lowest BCUT2D eigenvalue weighted by Gasteiger charge is -2.21. The zero-order chi connectivity index (χ0) is 69.3. The second-order valence-corrected chi connectivity index (χ2v) is 30.9. The van der Waals surface area contributed by atoms with Gasteiger partial charge < -0.3 is 33.8 Å². The van der Waals surface area contributed by atoms with E-state index in [1.165, 1.54) is 205 Å². The molecule has 0 aliphatic heterocycles. The van der Waals surface area contributed by atoms with Gasteiger partial charge in [0.25, 0.3) is 0 Å². The average molecular weight is 1380 g/mol. The fraction of sp³-hybridized carbons (Fsp3) is 0.947. The Bertz CT molecular complexity index is 1820. The number of rotatable bonds is 74. The predicted octanol–water partition coefficient (Wildman–Crippen LogP) is 21.9. The number of phosphoric ester groups is 2. The number of hydrogen-bond donors (Lipinski definition) is 3. The lowest BCUT2D eigenvalue weighted by Crippen LogP contribution is -2.30. The molecule has 0 fully saturated rings. The third-order valence-electron chi connectivity index (χ3n) is 17.5. The molecule has 0 saturated heterocycles. The van der Waals surface area contributed by atoms with Gasteiger partial charge >= 0.3 is 39.5 Å². The van der Waals surface area contributed by atoms with E-state index < -0.39 is 97.5 Å². The van der Waals surface area contributed by atoms with Crippen molar-refractivity contribution in [2.24, 2.45) is 11.8 Å². The Morgan fingerprint density at radius 3 is 0.723 bits per heavy atom. The van der Waals surface area contributed by atoms with Gasteiger partial charge in [0.05, 0.1) is 26.4 Å². The third kappa shape index (κ3) is 68.6. The van der Waals surface area contributed by atoms with Crippen LogP contribution in [0.25, 0.3) is 0 Å². The van der Waals surface area contributed by atoms with Crippen LogP contribution in [0.15, 0.2) is 0 Å². The summed E-state index contributed by atoms with van der Waals surface area (Å²) in [7, 11) is -9.91. The largest absolute Gasteiger partial charge is 0.472 e. The van der Waals surface area contributed by atoms with E-state index in [1.54, 1.807) is 0 Å². The summed E-state index contributed by atoms with van der Waals surface area (Å²) in [4.78, 5) is 72.8. The minimum Gasteiger partial charge on any atom is -0.462 e. The van der Waals surface area contributed by atoms with E-state index in [0.29, 0.717) is 25.7 Å². The van der Waals surface area contributed by atoms with E-state index in [2.05, 4.69) is 41.5 Å². The second kappa shape index (κ2) is 66.9. The minimum atomic E-state index is -4.96. The third-order valence-corrected chi connectivity index (χ3v) is 19.4. The maximum absolute atomic E-state index is 13.1. The van der Waals surface area contributed by atoms with E-state index in [-0.39, 0.29) is 25.7 Å². The molecule has 0 saturated carbocycles. The first-order valence-corrected chi connectivity index (χ1v) is 42.0. The monoisotopic (exact) mass is 1380 g/mol. The molecule has 0 bridgehead atoms. The fourth-order valence-electron chi connectivity index (χ4n) is 11.5. The molecule has 5 atom stereocenters. The van der Waals surface area contributed by atoms with E-state index in [1.807, 2.05) is 0 Å². The van der Waals surface area contributed by atoms with Crippen LogP contribution < -0.4 is 0 Å². The molecule has 17 nitrogen and oxygen atoms in total. The average Bonchev–Trinajstić information content (AvgIpc) is 2.75. The molecule has 0 spiro atoms. The molecule has 19 heteroatoms. The molecule has 94 heavy (non-hydrogen) atoms. The number of phosphoric acid groups is 2. The van der Waals surface area contributed by atoms with Gasteiger partial charge in [-0.25, -0.2) is 9.13 Å². The number of carbonyl (C=O) groups excluding carboxylic acids is 4. The smallest absolute Gasteiger partial charge is 0.462 e. The lowest BCUT2D eigenvalue weighted by molar-refractivity contribution is -0.161. The Morgan fingerprint density at radius 2 is 0.489 bits per heavy atom. The highest BCUT2D eigenvalue weighted by Gasteiger charge is 2.30. The zero-order valence-electron chi connectivity index (χ0n) is 61.3. The Hall–Kier alpha value is -1.94. The van der Waals surface area contributed by atoms with E-state index in [0.717, 1.165) is 102 Å². The molecule has 3 N–H and O–H groups in total. The Kier molecular flexibility index (Phi) is 65.5. The van der Waals surface area contributed by atoms with Crippen molar-refractivity contribution < 1.29 is 80.2 Å². The van der Waals surface area contributed by atoms with Gasteiger partial charge in [-0.3, -0.25) is 37.3 Å². The first kappa shape index (κ1) is 92.1. The zero-order valence-corrected chi connectivity index (χ0v) is 63.1. The Morgan fingerprint density at radius 1 is 0.287 bits per heavy atom. The molecular formula is C75H146O17P2. The summed E-state index contributed by atoms with van der Waals surface area (Å²) < 4.78 is 68.5. The fourth-order valence-corrected chi connectivity index (χ4v) is 13.1. The van der Waals surface area contributed by atoms with Crippen molar-refractivity contribution >= 4 is 39.5 Å². The summed E-state index contributed by atoms with van der Waals surface area (Å²) in [6.45, 7) is 9.59. The topological polar surface area (TPSA) is 237 Å². The van der Waals surface area contributed by atoms with Crippen molar-refractivity contribution in [3.05, 3.63) is 0 Å². The summed E-state index contributed by atoms with van der Waals surface area (Å²) in [5, 5.41) is 10.6. The molecule has 0 heterocycles. The van der Waals surface area contributed by atoms with Crippen molar-refractivity contribution in [2.75, 3.05) is 39.6 Å². The molecule has 0 aromatic carbocycles. The quantitative estimate of drug-likeness (QED) is 0.0222. The van der Waals surface area contributed by atoms with Crippen molar-refractivity contribution in [1.82, 2.24) is 0 Å². The van der Waals surface area contributed by atoms with E-state index in [9.17, 15) is 43.2 Å². The highest BCUT2D eigenvalue weighted by atomic mass is 31.2. The molecule has 0 aromatic heterocycles. The van der Waals surface area contributed by atoms with Crippen LogP contribution >= 0.6 is 15.6 Å². The second-order valence-electron chi connectivity index (χ2n) is 28.0. The molecule has 0 radical (unpaired) electrons. The number of carbonyl (C=O) groups is 4. The van der Waals surface area contributed by atoms with Gasteiger partial charge in [-0.15, -0.1) is 0 Å². The predicted molar refractivity (Wildman–Crippen MR) is 381 cm³/mol. The highest BCUT2D eigenvalue weighted by Crippen LogP contribution is 2.45. The molecule has 0 rings (SSSR count). The Labute approximate surface area is 575 Å². The van der Waals surface area contributed by atoms with E-state index >= 15 is 0 Å². The van der Waals surface area contributed by atoms with Gasteiger partial charge in [0.2, 0.25) is 0 Å². The molecule has 558 valence electrons. The lowest BCUT2D eigenvalue weighted by atomic mass is 10.0. The van der Waals surface area contributed by atoms with Gasteiger partial charge in [0, 0.05) is 25.7 Å². The standard InChI is InChI=1S/C75H146O17P2/c1-7-9-11-13-15-17-19-21-23-27-34-40-46-52-58-73(78)86-63-70(91-74(79)59-53-47-41-35-28-24-25-31-37-43-49-55-67(3)4)65-89-93(81,82)87-61-69(76)62-88-94(83,84)90-66-71(92-75(80)60-54-48-42-36-30-29-32-38-44-50-56-68(5)6)64-85-72(77)57-51-45-39-33-26-22-20-18-16-14-12-10-8-2/h67-71,76H,7-66H2,1-6H3,(H,81,82)(H,83,84)/t69-,70-,71-/m1/s1. The number of ether oxygens (including phenoxy) is 4. The van der Waals surface area contributed by atoms with Gasteiger partial charge in [0.15, 0.2) is 12.2 Å². The van der Waals surface area contributed by atoms with Crippen molar-refractivity contribution in [3.8, 4) is 0 Å². The first-order valence-electron chi connectivity index (χ1n) is 39.0. The number of unbranched alkanes of at least 4 members (excludes halogenated alkanes) is 44. The van der Waals surface area contributed by atoms with Crippen molar-refractivity contribution in [1.29, 1.82) is 0 Å². The van der Waals surface area contributed by atoms with Crippen molar-refractivity contribution in [2.45, 2.75) is 407 Å². The number of aliphatic hydroxyl groups is 1. The maximum Gasteiger partial charge on any atom is 0.472 e. The van der Waals surface area contributed by atoms with Crippen LogP contribution in [0.3, 0.4) is 0 Å². The Balaban J connectivity index is 5.27.